The number of nitrogens with zero attached hydrogens (tertiary/aromatic N) is 1. The fourth-order valence-electron chi connectivity index (χ4n) is 3.70. The molecule has 0 fully saturated rings. The smallest absolute Gasteiger partial charge is 0.408 e. The van der Waals surface area contributed by atoms with Gasteiger partial charge in [-0.2, -0.15) is 0 Å². The third-order valence-electron chi connectivity index (χ3n) is 5.53. The predicted molar refractivity (Wildman–Crippen MR) is 144 cm³/mol. The third kappa shape index (κ3) is 8.86. The van der Waals surface area contributed by atoms with Gasteiger partial charge in [-0.1, -0.05) is 73.3 Å². The highest BCUT2D eigenvalue weighted by Crippen LogP contribution is 2.29. The van der Waals surface area contributed by atoms with Gasteiger partial charge in [-0.25, -0.2) is 4.79 Å². The van der Waals surface area contributed by atoms with E-state index in [-0.39, 0.29) is 18.4 Å². The van der Waals surface area contributed by atoms with Crippen LogP contribution in [-0.4, -0.2) is 41.5 Å². The van der Waals surface area contributed by atoms with E-state index in [0.717, 1.165) is 30.4 Å². The minimum Gasteiger partial charge on any atom is -0.444 e. The molecule has 7 nitrogen and oxygen atoms in total. The first-order chi connectivity index (χ1) is 16.9. The van der Waals surface area contributed by atoms with Gasteiger partial charge >= 0.3 is 6.09 Å². The fourth-order valence-corrected chi connectivity index (χ4v) is 3.97. The molecule has 196 valence electrons. The molecule has 0 saturated carbocycles. The molecule has 0 bridgehead atoms. The lowest BCUT2D eigenvalue weighted by Crippen LogP contribution is -2.47. The standard InChI is InChI=1S/C28H38ClN3O4/c1-7-8-9-17-32(23(33)18-30-27(35)36-28(4,5)6)25(21-15-13-19(2)14-16-21)26(34)31-24-20(3)11-10-12-22(24)29/h10-16,25H,7-9,17-18H2,1-6H3,(H,30,35)(H,31,34). The number of ether oxygens (including phenoxy) is 1. The maximum atomic E-state index is 13.7. The minimum absolute atomic E-state index is 0.290. The van der Waals surface area contributed by atoms with Gasteiger partial charge in [-0.3, -0.25) is 9.59 Å². The second-order valence-electron chi connectivity index (χ2n) is 9.88. The summed E-state index contributed by atoms with van der Waals surface area (Å²) in [4.78, 5) is 40.9. The molecule has 0 aliphatic rings. The lowest BCUT2D eigenvalue weighted by Gasteiger charge is -2.32. The van der Waals surface area contributed by atoms with E-state index >= 15 is 0 Å². The molecular weight excluding hydrogens is 478 g/mol. The number of alkyl carbamates (subject to hydrolysis) is 1. The van der Waals surface area contributed by atoms with E-state index in [1.54, 1.807) is 26.8 Å². The van der Waals surface area contributed by atoms with Crippen LogP contribution in [0.3, 0.4) is 0 Å². The van der Waals surface area contributed by atoms with Crippen LogP contribution in [0.4, 0.5) is 10.5 Å². The lowest BCUT2D eigenvalue weighted by molar-refractivity contribution is -0.138. The molecule has 2 N–H and O–H groups in total. The summed E-state index contributed by atoms with van der Waals surface area (Å²) in [7, 11) is 0. The van der Waals surface area contributed by atoms with Gasteiger partial charge < -0.3 is 20.3 Å². The van der Waals surface area contributed by atoms with Crippen LogP contribution in [0.5, 0.6) is 0 Å². The average molecular weight is 516 g/mol. The average Bonchev–Trinajstić information content (AvgIpc) is 2.79. The molecule has 36 heavy (non-hydrogen) atoms. The molecule has 2 aromatic rings. The van der Waals surface area contributed by atoms with Crippen LogP contribution in [0.25, 0.3) is 0 Å². The Labute approximate surface area is 219 Å². The Morgan fingerprint density at radius 1 is 1.03 bits per heavy atom. The fraction of sp³-hybridized carbons (Fsp3) is 0.464. The quantitative estimate of drug-likeness (QED) is 0.370. The van der Waals surface area contributed by atoms with Crippen LogP contribution in [0.15, 0.2) is 42.5 Å². The molecule has 0 aromatic heterocycles. The van der Waals surface area contributed by atoms with E-state index in [2.05, 4.69) is 17.6 Å². The first-order valence-corrected chi connectivity index (χ1v) is 12.7. The molecule has 2 aromatic carbocycles. The summed E-state index contributed by atoms with van der Waals surface area (Å²) < 4.78 is 5.26. The maximum absolute atomic E-state index is 13.7. The molecule has 8 heteroatoms. The van der Waals surface area contributed by atoms with Crippen LogP contribution >= 0.6 is 11.6 Å². The number of nitrogens with one attached hydrogen (secondary N) is 2. The first-order valence-electron chi connectivity index (χ1n) is 12.3. The Bertz CT molecular complexity index is 1030. The highest BCUT2D eigenvalue weighted by atomic mass is 35.5. The van der Waals surface area contributed by atoms with Gasteiger partial charge in [0.05, 0.1) is 10.7 Å². The van der Waals surface area contributed by atoms with Crippen molar-refractivity contribution in [3.05, 3.63) is 64.2 Å². The van der Waals surface area contributed by atoms with Crippen molar-refractivity contribution in [3.63, 3.8) is 0 Å². The van der Waals surface area contributed by atoms with Gasteiger partial charge in [-0.15, -0.1) is 0 Å². The van der Waals surface area contributed by atoms with Gasteiger partial charge in [0.2, 0.25) is 5.91 Å². The molecule has 0 spiro atoms. The van der Waals surface area contributed by atoms with Crippen LogP contribution in [0, 0.1) is 13.8 Å². The lowest BCUT2D eigenvalue weighted by atomic mass is 10.0. The third-order valence-corrected chi connectivity index (χ3v) is 5.84. The number of amides is 3. The number of unbranched alkanes of at least 4 members (excludes halogenated alkanes) is 2. The number of benzene rings is 2. The molecule has 2 rings (SSSR count). The van der Waals surface area contributed by atoms with Gasteiger partial charge in [0.25, 0.3) is 5.91 Å². The number of anilines is 1. The van der Waals surface area contributed by atoms with Gasteiger partial charge in [0, 0.05) is 6.54 Å². The van der Waals surface area contributed by atoms with Crippen molar-refractivity contribution in [3.8, 4) is 0 Å². The van der Waals surface area contributed by atoms with E-state index in [1.807, 2.05) is 50.2 Å². The van der Waals surface area contributed by atoms with Crippen LogP contribution in [-0.2, 0) is 14.3 Å². The topological polar surface area (TPSA) is 87.7 Å². The summed E-state index contributed by atoms with van der Waals surface area (Å²) in [5, 5.41) is 5.88. The highest BCUT2D eigenvalue weighted by molar-refractivity contribution is 6.34. The molecule has 1 unspecified atom stereocenters. The Hall–Kier alpha value is -3.06. The summed E-state index contributed by atoms with van der Waals surface area (Å²) in [5.74, 6) is -0.759. The molecule has 0 radical (unpaired) electrons. The monoisotopic (exact) mass is 515 g/mol. The van der Waals surface area contributed by atoms with E-state index in [1.165, 1.54) is 4.90 Å². The SMILES string of the molecule is CCCCCN(C(=O)CNC(=O)OC(C)(C)C)C(C(=O)Nc1c(C)cccc1Cl)c1ccc(C)cc1. The van der Waals surface area contributed by atoms with Crippen molar-refractivity contribution < 1.29 is 19.1 Å². The van der Waals surface area contributed by atoms with E-state index in [9.17, 15) is 14.4 Å². The summed E-state index contributed by atoms with van der Waals surface area (Å²) in [6.45, 7) is 11.2. The molecule has 0 aliphatic carbocycles. The van der Waals surface area contributed by atoms with Crippen molar-refractivity contribution in [1.82, 2.24) is 10.2 Å². The number of halogens is 1. The number of para-hydroxylation sites is 1. The van der Waals surface area contributed by atoms with Crippen molar-refractivity contribution in [2.45, 2.75) is 72.4 Å². The number of hydrogen-bond acceptors (Lipinski definition) is 4. The molecule has 0 saturated heterocycles. The van der Waals surface area contributed by atoms with Gasteiger partial charge in [0.15, 0.2) is 0 Å². The Morgan fingerprint density at radius 3 is 2.28 bits per heavy atom. The van der Waals surface area contributed by atoms with Crippen LogP contribution < -0.4 is 10.6 Å². The van der Waals surface area contributed by atoms with Crippen molar-refractivity contribution in [2.24, 2.45) is 0 Å². The summed E-state index contributed by atoms with van der Waals surface area (Å²) in [5.41, 5.74) is 2.34. The van der Waals surface area contributed by atoms with E-state index in [4.69, 9.17) is 16.3 Å². The van der Waals surface area contributed by atoms with E-state index < -0.39 is 17.7 Å². The zero-order valence-corrected chi connectivity index (χ0v) is 22.9. The molecule has 0 heterocycles. The first kappa shape index (κ1) is 29.2. The molecule has 3 amide bonds. The van der Waals surface area contributed by atoms with Crippen molar-refractivity contribution in [1.29, 1.82) is 0 Å². The predicted octanol–water partition coefficient (Wildman–Crippen LogP) is 6.18. The van der Waals surface area contributed by atoms with E-state index in [0.29, 0.717) is 22.8 Å². The maximum Gasteiger partial charge on any atom is 0.408 e. The van der Waals surface area contributed by atoms with Crippen LogP contribution in [0.1, 0.15) is 69.7 Å². The normalized spacial score (nSPS) is 12.0. The number of aryl methyl sites for hydroxylation is 2. The number of carbonyl (C=O) groups excluding carboxylic acids is 3. The van der Waals surface area contributed by atoms with Crippen molar-refractivity contribution in [2.75, 3.05) is 18.4 Å². The number of hydrogen-bond donors (Lipinski definition) is 2. The van der Waals surface area contributed by atoms with Gasteiger partial charge in [0.1, 0.15) is 18.2 Å². The largest absolute Gasteiger partial charge is 0.444 e. The number of carbonyl (C=O) groups is 3. The minimum atomic E-state index is -0.911. The van der Waals surface area contributed by atoms with Crippen LogP contribution in [0.2, 0.25) is 5.02 Å². The summed E-state index contributed by atoms with van der Waals surface area (Å²) >= 11 is 6.37. The molecular formula is C28H38ClN3O4. The number of rotatable bonds is 10. The second kappa shape index (κ2) is 13.3. The summed E-state index contributed by atoms with van der Waals surface area (Å²) in [6.07, 6.45) is 1.88. The van der Waals surface area contributed by atoms with Gasteiger partial charge in [-0.05, 0) is 58.2 Å². The molecule has 0 aliphatic heterocycles. The Balaban J connectivity index is 2.39. The Morgan fingerprint density at radius 2 is 1.69 bits per heavy atom. The zero-order chi connectivity index (χ0) is 26.9. The van der Waals surface area contributed by atoms with Crippen molar-refractivity contribution >= 4 is 35.2 Å². The summed E-state index contributed by atoms with van der Waals surface area (Å²) in [6, 6.07) is 12.0. The zero-order valence-electron chi connectivity index (χ0n) is 22.1. The Kier molecular flexibility index (Phi) is 10.8. The molecule has 1 atom stereocenters. The highest BCUT2D eigenvalue weighted by Gasteiger charge is 2.32. The second-order valence-corrected chi connectivity index (χ2v) is 10.3.